The number of methoxy groups -OCH3 is 1. The molecule has 0 saturated carbocycles. The third kappa shape index (κ3) is 2.42. The number of nitrogens with two attached hydrogens (primary N) is 1. The fourth-order valence-corrected chi connectivity index (χ4v) is 3.97. The summed E-state index contributed by atoms with van der Waals surface area (Å²) < 4.78 is 5.28. The van der Waals surface area contributed by atoms with E-state index in [0.29, 0.717) is 28.1 Å². The van der Waals surface area contributed by atoms with Crippen molar-refractivity contribution in [3.63, 3.8) is 0 Å². The standard InChI is InChI=1S/C16H22ClN3O2/c1-20-10-4-3-6-16(20,7-5-10)19-15(21)11-8-12(17)13(18)9-14(11)22-2/h8-10H,3-7,18H2,1-2H3,(H,19,21). The number of rotatable bonds is 3. The lowest BCUT2D eigenvalue weighted by Gasteiger charge is -2.43. The fourth-order valence-electron chi connectivity index (χ4n) is 3.80. The summed E-state index contributed by atoms with van der Waals surface area (Å²) in [6.45, 7) is 0. The van der Waals surface area contributed by atoms with Crippen LogP contribution in [0.25, 0.3) is 0 Å². The van der Waals surface area contributed by atoms with Crippen LogP contribution in [0.3, 0.4) is 0 Å². The van der Waals surface area contributed by atoms with Gasteiger partial charge in [0.1, 0.15) is 5.75 Å². The number of carbonyl (C=O) groups is 1. The Balaban J connectivity index is 1.87. The van der Waals surface area contributed by atoms with Gasteiger partial charge >= 0.3 is 0 Å². The Hall–Kier alpha value is -1.46. The van der Waals surface area contributed by atoms with E-state index in [1.165, 1.54) is 13.5 Å². The number of piperidine rings is 1. The molecule has 1 aromatic carbocycles. The van der Waals surface area contributed by atoms with Gasteiger partial charge in [-0.3, -0.25) is 9.69 Å². The zero-order valence-electron chi connectivity index (χ0n) is 13.0. The van der Waals surface area contributed by atoms with Crippen molar-refractivity contribution in [2.45, 2.75) is 43.8 Å². The molecule has 2 aliphatic heterocycles. The molecule has 0 aromatic heterocycles. The van der Waals surface area contributed by atoms with E-state index in [0.717, 1.165) is 25.7 Å². The zero-order valence-corrected chi connectivity index (χ0v) is 13.7. The van der Waals surface area contributed by atoms with Gasteiger partial charge in [0.15, 0.2) is 0 Å². The molecule has 6 heteroatoms. The van der Waals surface area contributed by atoms with Gasteiger partial charge in [-0.1, -0.05) is 11.6 Å². The minimum atomic E-state index is -0.237. The maximum atomic E-state index is 12.8. The molecular formula is C16H22ClN3O2. The minimum Gasteiger partial charge on any atom is -0.496 e. The quantitative estimate of drug-likeness (QED) is 0.839. The van der Waals surface area contributed by atoms with E-state index in [4.69, 9.17) is 22.1 Å². The van der Waals surface area contributed by atoms with Crippen molar-refractivity contribution in [1.29, 1.82) is 0 Å². The maximum Gasteiger partial charge on any atom is 0.256 e. The first-order chi connectivity index (χ1) is 10.5. The molecule has 0 aliphatic carbocycles. The van der Waals surface area contributed by atoms with Gasteiger partial charge < -0.3 is 15.8 Å². The fraction of sp³-hybridized carbons (Fsp3) is 0.562. The number of amides is 1. The highest BCUT2D eigenvalue weighted by molar-refractivity contribution is 6.33. The van der Waals surface area contributed by atoms with Gasteiger partial charge in [-0.15, -0.1) is 0 Å². The highest BCUT2D eigenvalue weighted by Crippen LogP contribution is 2.41. The number of ether oxygens (including phenoxy) is 1. The molecule has 120 valence electrons. The van der Waals surface area contributed by atoms with Gasteiger partial charge in [0.25, 0.3) is 5.91 Å². The number of nitrogens with one attached hydrogen (secondary N) is 1. The normalized spacial score (nSPS) is 27.7. The number of hydrogen-bond donors (Lipinski definition) is 2. The van der Waals surface area contributed by atoms with Crippen molar-refractivity contribution < 1.29 is 9.53 Å². The van der Waals surface area contributed by atoms with E-state index >= 15 is 0 Å². The van der Waals surface area contributed by atoms with Crippen LogP contribution in [-0.2, 0) is 0 Å². The van der Waals surface area contributed by atoms with Crippen LogP contribution in [0.15, 0.2) is 12.1 Å². The van der Waals surface area contributed by atoms with Gasteiger partial charge in [0, 0.05) is 12.1 Å². The average Bonchev–Trinajstić information content (AvgIpc) is 2.68. The molecular weight excluding hydrogens is 302 g/mol. The Morgan fingerprint density at radius 1 is 1.45 bits per heavy atom. The zero-order chi connectivity index (χ0) is 15.9. The summed E-state index contributed by atoms with van der Waals surface area (Å²) in [7, 11) is 3.63. The summed E-state index contributed by atoms with van der Waals surface area (Å²) >= 11 is 6.06. The molecule has 1 aromatic rings. The monoisotopic (exact) mass is 323 g/mol. The summed E-state index contributed by atoms with van der Waals surface area (Å²) in [5, 5.41) is 3.58. The molecule has 3 N–H and O–H groups in total. The lowest BCUT2D eigenvalue weighted by molar-refractivity contribution is 0.0435. The number of hydrogen-bond acceptors (Lipinski definition) is 4. The predicted octanol–water partition coefficient (Wildman–Crippen LogP) is 2.64. The first kappa shape index (κ1) is 15.4. The van der Waals surface area contributed by atoms with Crippen LogP contribution < -0.4 is 15.8 Å². The van der Waals surface area contributed by atoms with Crippen LogP contribution in [0.1, 0.15) is 42.5 Å². The molecule has 2 heterocycles. The first-order valence-corrected chi connectivity index (χ1v) is 8.03. The van der Waals surface area contributed by atoms with Gasteiger partial charge in [-0.05, 0) is 45.2 Å². The molecule has 2 bridgehead atoms. The van der Waals surface area contributed by atoms with Crippen LogP contribution in [0.5, 0.6) is 5.75 Å². The molecule has 2 fully saturated rings. The average molecular weight is 324 g/mol. The number of fused-ring (bicyclic) bond motifs is 2. The third-order valence-electron chi connectivity index (χ3n) is 5.15. The number of nitrogens with zero attached hydrogens (tertiary/aromatic N) is 1. The molecule has 2 saturated heterocycles. The largest absolute Gasteiger partial charge is 0.496 e. The second-order valence-electron chi connectivity index (χ2n) is 6.26. The Bertz CT molecular complexity index is 603. The van der Waals surface area contributed by atoms with E-state index in [-0.39, 0.29) is 11.6 Å². The molecule has 1 amide bonds. The lowest BCUT2D eigenvalue weighted by Crippen LogP contribution is -2.59. The van der Waals surface area contributed by atoms with Gasteiger partial charge in [0.05, 0.1) is 29.0 Å². The van der Waals surface area contributed by atoms with Gasteiger partial charge in [-0.2, -0.15) is 0 Å². The van der Waals surface area contributed by atoms with Crippen LogP contribution in [-0.4, -0.2) is 36.7 Å². The van der Waals surface area contributed by atoms with Crippen LogP contribution in [0, 0.1) is 0 Å². The van der Waals surface area contributed by atoms with E-state index in [1.807, 2.05) is 0 Å². The van der Waals surface area contributed by atoms with Crippen molar-refractivity contribution in [2.75, 3.05) is 19.9 Å². The second-order valence-corrected chi connectivity index (χ2v) is 6.66. The minimum absolute atomic E-state index is 0.159. The summed E-state index contributed by atoms with van der Waals surface area (Å²) in [6.07, 6.45) is 5.47. The highest BCUT2D eigenvalue weighted by Gasteiger charge is 2.47. The SMILES string of the molecule is COc1cc(N)c(Cl)cc1C(=O)NC12CCCC(CC1)N2C. The molecule has 2 aliphatic rings. The van der Waals surface area contributed by atoms with Crippen molar-refractivity contribution in [3.05, 3.63) is 22.7 Å². The van der Waals surface area contributed by atoms with Crippen molar-refractivity contribution in [2.24, 2.45) is 0 Å². The van der Waals surface area contributed by atoms with Crippen LogP contribution in [0.4, 0.5) is 5.69 Å². The van der Waals surface area contributed by atoms with E-state index in [1.54, 1.807) is 12.1 Å². The topological polar surface area (TPSA) is 67.6 Å². The Morgan fingerprint density at radius 2 is 2.23 bits per heavy atom. The molecule has 2 unspecified atom stereocenters. The van der Waals surface area contributed by atoms with E-state index in [9.17, 15) is 4.79 Å². The third-order valence-corrected chi connectivity index (χ3v) is 5.48. The molecule has 0 radical (unpaired) electrons. The van der Waals surface area contributed by atoms with Crippen molar-refractivity contribution >= 4 is 23.2 Å². The number of anilines is 1. The Morgan fingerprint density at radius 3 is 2.95 bits per heavy atom. The summed E-state index contributed by atoms with van der Waals surface area (Å²) in [5.74, 6) is 0.289. The first-order valence-electron chi connectivity index (χ1n) is 7.65. The van der Waals surface area contributed by atoms with Crippen LogP contribution >= 0.6 is 11.6 Å². The molecule has 2 atom stereocenters. The second kappa shape index (κ2) is 5.63. The smallest absolute Gasteiger partial charge is 0.256 e. The van der Waals surface area contributed by atoms with Gasteiger partial charge in [-0.25, -0.2) is 0 Å². The van der Waals surface area contributed by atoms with Crippen molar-refractivity contribution in [1.82, 2.24) is 10.2 Å². The van der Waals surface area contributed by atoms with Crippen molar-refractivity contribution in [3.8, 4) is 5.75 Å². The van der Waals surface area contributed by atoms with E-state index in [2.05, 4.69) is 17.3 Å². The number of benzene rings is 1. The summed E-state index contributed by atoms with van der Waals surface area (Å²) in [6, 6.07) is 3.75. The molecule has 0 spiro atoms. The van der Waals surface area contributed by atoms with E-state index < -0.39 is 0 Å². The van der Waals surface area contributed by atoms with Crippen LogP contribution in [0.2, 0.25) is 5.02 Å². The molecule has 22 heavy (non-hydrogen) atoms. The number of carbonyl (C=O) groups excluding carboxylic acids is 1. The highest BCUT2D eigenvalue weighted by atomic mass is 35.5. The summed E-state index contributed by atoms with van der Waals surface area (Å²) in [4.78, 5) is 15.1. The Kier molecular flexibility index (Phi) is 3.95. The summed E-state index contributed by atoms with van der Waals surface area (Å²) in [5.41, 5.74) is 6.38. The van der Waals surface area contributed by atoms with Gasteiger partial charge in [0.2, 0.25) is 0 Å². The Labute approximate surface area is 135 Å². The molecule has 3 rings (SSSR count). The lowest BCUT2D eigenvalue weighted by atomic mass is 9.97. The number of halogens is 1. The maximum absolute atomic E-state index is 12.8. The predicted molar refractivity (Wildman–Crippen MR) is 87.2 cm³/mol. The molecule has 5 nitrogen and oxygen atoms in total. The number of nitrogen functional groups attached to an aromatic ring is 1.